The largest absolute Gasteiger partial charge is 0.494 e. The number of rotatable bonds is 7. The lowest BCUT2D eigenvalue weighted by Gasteiger charge is -2.17. The first-order valence-electron chi connectivity index (χ1n) is 9.09. The zero-order chi connectivity index (χ0) is 19.2. The predicted molar refractivity (Wildman–Crippen MR) is 100 cm³/mol. The molecule has 1 aromatic carbocycles. The Kier molecular flexibility index (Phi) is 6.71. The van der Waals surface area contributed by atoms with Crippen molar-refractivity contribution in [3.63, 3.8) is 0 Å². The maximum absolute atomic E-state index is 13.8. The first kappa shape index (κ1) is 19.7. The van der Waals surface area contributed by atoms with Gasteiger partial charge in [-0.15, -0.1) is 10.2 Å². The Bertz CT molecular complexity index is 777. The lowest BCUT2D eigenvalue weighted by molar-refractivity contribution is -0.127. The Morgan fingerprint density at radius 1 is 1.33 bits per heavy atom. The van der Waals surface area contributed by atoms with E-state index in [4.69, 9.17) is 9.15 Å². The second kappa shape index (κ2) is 9.21. The minimum absolute atomic E-state index is 0.0892. The number of carbonyl (C=O) groups excluding carboxylic acids is 1. The summed E-state index contributed by atoms with van der Waals surface area (Å²) in [6.45, 7) is 0.317. The summed E-state index contributed by atoms with van der Waals surface area (Å²) in [6.07, 6.45) is 5.85. The summed E-state index contributed by atoms with van der Waals surface area (Å²) in [5.74, 6) is 0.894. The molecule has 6 nitrogen and oxygen atoms in total. The van der Waals surface area contributed by atoms with Crippen LogP contribution in [0.25, 0.3) is 0 Å². The number of aromatic nitrogens is 2. The van der Waals surface area contributed by atoms with Crippen LogP contribution >= 0.6 is 11.8 Å². The van der Waals surface area contributed by atoms with Crippen molar-refractivity contribution in [2.75, 3.05) is 19.9 Å². The molecule has 1 aliphatic rings. The number of thioether (sulfide) groups is 1. The molecule has 1 amide bonds. The van der Waals surface area contributed by atoms with Crippen molar-refractivity contribution in [2.24, 2.45) is 0 Å². The van der Waals surface area contributed by atoms with Gasteiger partial charge in [-0.3, -0.25) is 4.79 Å². The smallest absolute Gasteiger partial charge is 0.277 e. The summed E-state index contributed by atoms with van der Waals surface area (Å²) in [4.78, 5) is 13.9. The predicted octanol–water partition coefficient (Wildman–Crippen LogP) is 4.02. The van der Waals surface area contributed by atoms with Crippen molar-refractivity contribution < 1.29 is 18.3 Å². The molecule has 0 unspecified atom stereocenters. The number of hydrogen-bond acceptors (Lipinski definition) is 6. The maximum atomic E-state index is 13.8. The van der Waals surface area contributed by atoms with Crippen LogP contribution < -0.4 is 4.74 Å². The topological polar surface area (TPSA) is 68.5 Å². The zero-order valence-corrected chi connectivity index (χ0v) is 16.4. The van der Waals surface area contributed by atoms with Crippen LogP contribution in [0.5, 0.6) is 5.75 Å². The van der Waals surface area contributed by atoms with Gasteiger partial charge in [0.25, 0.3) is 5.22 Å². The van der Waals surface area contributed by atoms with Crippen LogP contribution in [0.15, 0.2) is 27.8 Å². The van der Waals surface area contributed by atoms with Crippen molar-refractivity contribution >= 4 is 17.7 Å². The van der Waals surface area contributed by atoms with Crippen LogP contribution in [0, 0.1) is 5.82 Å². The Hall–Kier alpha value is -2.09. The van der Waals surface area contributed by atoms with Crippen molar-refractivity contribution in [3.05, 3.63) is 35.5 Å². The second-order valence-electron chi connectivity index (χ2n) is 6.75. The molecular formula is C19H24FN3O3S. The summed E-state index contributed by atoms with van der Waals surface area (Å²) < 4.78 is 24.4. The van der Waals surface area contributed by atoms with Crippen LogP contribution in [0.4, 0.5) is 4.39 Å². The number of halogens is 1. The fourth-order valence-electron chi connectivity index (χ4n) is 3.20. The summed E-state index contributed by atoms with van der Waals surface area (Å²) >= 11 is 1.24. The summed E-state index contributed by atoms with van der Waals surface area (Å²) in [7, 11) is 3.11. The van der Waals surface area contributed by atoms with Gasteiger partial charge in [-0.1, -0.05) is 37.1 Å². The van der Waals surface area contributed by atoms with Gasteiger partial charge in [0.1, 0.15) is 0 Å². The molecule has 1 aliphatic carbocycles. The molecule has 0 atom stereocenters. The molecule has 1 fully saturated rings. The van der Waals surface area contributed by atoms with Crippen LogP contribution in [-0.4, -0.2) is 40.9 Å². The number of ether oxygens (including phenoxy) is 1. The van der Waals surface area contributed by atoms with Crippen molar-refractivity contribution in [2.45, 2.75) is 49.8 Å². The molecule has 1 saturated carbocycles. The molecule has 2 aromatic rings. The van der Waals surface area contributed by atoms with Crippen molar-refractivity contribution in [3.8, 4) is 5.75 Å². The van der Waals surface area contributed by atoms with Gasteiger partial charge in [-0.25, -0.2) is 4.39 Å². The summed E-state index contributed by atoms with van der Waals surface area (Å²) in [6, 6.07) is 4.68. The molecule has 0 N–H and O–H groups in total. The average Bonchev–Trinajstić information content (AvgIpc) is 3.16. The number of benzene rings is 1. The lowest BCUT2D eigenvalue weighted by Crippen LogP contribution is -2.27. The van der Waals surface area contributed by atoms with Gasteiger partial charge in [-0.2, -0.15) is 0 Å². The molecule has 0 spiro atoms. The Morgan fingerprint density at radius 3 is 2.81 bits per heavy atom. The van der Waals surface area contributed by atoms with E-state index in [2.05, 4.69) is 10.2 Å². The quantitative estimate of drug-likeness (QED) is 0.662. The normalized spacial score (nSPS) is 14.9. The van der Waals surface area contributed by atoms with Crippen molar-refractivity contribution in [1.82, 2.24) is 15.1 Å². The van der Waals surface area contributed by atoms with Crippen LogP contribution in [-0.2, 0) is 11.3 Å². The number of amides is 1. The molecule has 0 aliphatic heterocycles. The molecule has 1 heterocycles. The van der Waals surface area contributed by atoms with E-state index in [0.29, 0.717) is 29.1 Å². The number of carbonyl (C=O) groups is 1. The molecule has 8 heteroatoms. The Labute approximate surface area is 162 Å². The van der Waals surface area contributed by atoms with Gasteiger partial charge in [0.2, 0.25) is 11.8 Å². The highest BCUT2D eigenvalue weighted by Crippen LogP contribution is 2.32. The third-order valence-corrected chi connectivity index (χ3v) is 5.56. The van der Waals surface area contributed by atoms with E-state index in [9.17, 15) is 9.18 Å². The van der Waals surface area contributed by atoms with Gasteiger partial charge < -0.3 is 14.1 Å². The van der Waals surface area contributed by atoms with Gasteiger partial charge in [-0.05, 0) is 30.5 Å². The fraction of sp³-hybridized carbons (Fsp3) is 0.526. The molecule has 0 saturated heterocycles. The molecule has 27 heavy (non-hydrogen) atoms. The third-order valence-electron chi connectivity index (χ3n) is 4.76. The van der Waals surface area contributed by atoms with E-state index in [1.165, 1.54) is 44.2 Å². The monoisotopic (exact) mass is 393 g/mol. The zero-order valence-electron chi connectivity index (χ0n) is 15.6. The molecule has 146 valence electrons. The molecule has 3 rings (SSSR count). The van der Waals surface area contributed by atoms with Crippen molar-refractivity contribution in [1.29, 1.82) is 0 Å². The maximum Gasteiger partial charge on any atom is 0.277 e. The second-order valence-corrected chi connectivity index (χ2v) is 7.68. The Balaban J connectivity index is 1.50. The summed E-state index contributed by atoms with van der Waals surface area (Å²) in [5, 5.41) is 8.61. The standard InChI is InChI=1S/C19H24FN3O3S/c1-23(11-13-8-9-16(25-2)15(20)10-13)17(24)12-27-19-22-21-18(26-19)14-6-4-3-5-7-14/h8-10,14H,3-7,11-12H2,1-2H3. The van der Waals surface area contributed by atoms with Gasteiger partial charge >= 0.3 is 0 Å². The SMILES string of the molecule is COc1ccc(CN(C)C(=O)CSc2nnc(C3CCCCC3)o2)cc1F. The third kappa shape index (κ3) is 5.22. The highest BCUT2D eigenvalue weighted by Gasteiger charge is 2.22. The molecule has 0 bridgehead atoms. The molecule has 0 radical (unpaired) electrons. The number of nitrogens with zero attached hydrogens (tertiary/aromatic N) is 3. The van der Waals surface area contributed by atoms with E-state index in [-0.39, 0.29) is 17.4 Å². The minimum Gasteiger partial charge on any atom is -0.494 e. The van der Waals surface area contributed by atoms with Gasteiger partial charge in [0, 0.05) is 19.5 Å². The van der Waals surface area contributed by atoms with E-state index < -0.39 is 5.82 Å². The molecule has 1 aromatic heterocycles. The summed E-state index contributed by atoms with van der Waals surface area (Å²) in [5.41, 5.74) is 0.700. The Morgan fingerprint density at radius 2 is 2.11 bits per heavy atom. The number of hydrogen-bond donors (Lipinski definition) is 0. The van der Waals surface area contributed by atoms with Gasteiger partial charge in [0.05, 0.1) is 12.9 Å². The van der Waals surface area contributed by atoms with E-state index in [0.717, 1.165) is 12.8 Å². The number of methoxy groups -OCH3 is 1. The first-order valence-corrected chi connectivity index (χ1v) is 10.1. The van der Waals surface area contributed by atoms with E-state index >= 15 is 0 Å². The lowest BCUT2D eigenvalue weighted by atomic mass is 9.89. The first-order chi connectivity index (χ1) is 13.1. The van der Waals surface area contributed by atoms with Gasteiger partial charge in [0.15, 0.2) is 11.6 Å². The molecular weight excluding hydrogens is 369 g/mol. The van der Waals surface area contributed by atoms with E-state index in [1.54, 1.807) is 24.1 Å². The van der Waals surface area contributed by atoms with Crippen LogP contribution in [0.3, 0.4) is 0 Å². The minimum atomic E-state index is -0.439. The van der Waals surface area contributed by atoms with Crippen LogP contribution in [0.2, 0.25) is 0 Å². The highest BCUT2D eigenvalue weighted by atomic mass is 32.2. The fourth-order valence-corrected chi connectivity index (χ4v) is 3.91. The van der Waals surface area contributed by atoms with Crippen LogP contribution in [0.1, 0.15) is 49.5 Å². The van der Waals surface area contributed by atoms with E-state index in [1.807, 2.05) is 0 Å². The highest BCUT2D eigenvalue weighted by molar-refractivity contribution is 7.99. The average molecular weight is 393 g/mol.